The van der Waals surface area contributed by atoms with Gasteiger partial charge in [0.15, 0.2) is 11.5 Å². The largest absolute Gasteiger partial charge is 0.493 e. The maximum atomic E-state index is 11.1. The van der Waals surface area contributed by atoms with Crippen LogP contribution in [0.25, 0.3) is 0 Å². The molecule has 0 aliphatic rings. The van der Waals surface area contributed by atoms with Crippen LogP contribution >= 0.6 is 0 Å². The molecule has 0 fully saturated rings. The first-order valence-electron chi connectivity index (χ1n) is 6.87. The Kier molecular flexibility index (Phi) is 6.81. The third-order valence-electron chi connectivity index (χ3n) is 2.89. The molecule has 1 aromatic carbocycles. The predicted molar refractivity (Wildman–Crippen MR) is 80.1 cm³/mol. The Balaban J connectivity index is 2.57. The second kappa shape index (κ2) is 8.36. The Hall–Kier alpha value is -1.95. The zero-order valence-electron chi connectivity index (χ0n) is 12.7. The van der Waals surface area contributed by atoms with Crippen LogP contribution in [-0.4, -0.2) is 38.0 Å². The van der Waals surface area contributed by atoms with E-state index in [4.69, 9.17) is 25.1 Å². The molecule has 3 N–H and O–H groups in total. The fourth-order valence-electron chi connectivity index (χ4n) is 1.66. The number of benzene rings is 1. The van der Waals surface area contributed by atoms with E-state index in [1.807, 2.05) is 0 Å². The van der Waals surface area contributed by atoms with E-state index in [0.29, 0.717) is 37.2 Å². The van der Waals surface area contributed by atoms with E-state index in [2.05, 4.69) is 13.8 Å². The molecule has 0 unspecified atom stereocenters. The summed E-state index contributed by atoms with van der Waals surface area (Å²) in [5, 5.41) is 9.05. The van der Waals surface area contributed by atoms with Crippen LogP contribution in [0.15, 0.2) is 12.1 Å². The van der Waals surface area contributed by atoms with E-state index in [-0.39, 0.29) is 11.3 Å². The van der Waals surface area contributed by atoms with E-state index < -0.39 is 5.97 Å². The van der Waals surface area contributed by atoms with Crippen LogP contribution in [0.2, 0.25) is 0 Å². The van der Waals surface area contributed by atoms with Crippen LogP contribution in [0, 0.1) is 5.92 Å². The van der Waals surface area contributed by atoms with Gasteiger partial charge in [-0.2, -0.15) is 0 Å². The highest BCUT2D eigenvalue weighted by atomic mass is 16.5. The van der Waals surface area contributed by atoms with Crippen molar-refractivity contribution in [2.24, 2.45) is 5.92 Å². The fourth-order valence-corrected chi connectivity index (χ4v) is 1.66. The van der Waals surface area contributed by atoms with E-state index >= 15 is 0 Å². The smallest absolute Gasteiger partial charge is 0.337 e. The van der Waals surface area contributed by atoms with E-state index in [1.165, 1.54) is 19.2 Å². The number of aromatic carboxylic acids is 1. The lowest BCUT2D eigenvalue weighted by molar-refractivity contribution is 0.0697. The van der Waals surface area contributed by atoms with Gasteiger partial charge in [0, 0.05) is 18.7 Å². The van der Waals surface area contributed by atoms with E-state index in [9.17, 15) is 4.79 Å². The minimum absolute atomic E-state index is 0.00785. The van der Waals surface area contributed by atoms with Gasteiger partial charge in [-0.05, 0) is 12.3 Å². The van der Waals surface area contributed by atoms with Gasteiger partial charge in [0.05, 0.1) is 25.0 Å². The van der Waals surface area contributed by atoms with Crippen LogP contribution in [0.1, 0.15) is 30.6 Å². The molecule has 0 saturated heterocycles. The molecule has 0 aliphatic heterocycles. The quantitative estimate of drug-likeness (QED) is 0.537. The van der Waals surface area contributed by atoms with Gasteiger partial charge in [-0.1, -0.05) is 13.8 Å². The third-order valence-corrected chi connectivity index (χ3v) is 2.89. The molecule has 0 atom stereocenters. The van der Waals surface area contributed by atoms with Gasteiger partial charge < -0.3 is 25.1 Å². The number of rotatable bonds is 9. The Morgan fingerprint density at radius 2 is 1.95 bits per heavy atom. The number of hydrogen-bond donors (Lipinski definition) is 2. The Bertz CT molecular complexity index is 473. The summed E-state index contributed by atoms with van der Waals surface area (Å²) in [4.78, 5) is 11.1. The monoisotopic (exact) mass is 297 g/mol. The number of hydrogen-bond acceptors (Lipinski definition) is 5. The first-order valence-corrected chi connectivity index (χ1v) is 6.87. The summed E-state index contributed by atoms with van der Waals surface area (Å²) in [7, 11) is 1.47. The number of methoxy groups -OCH3 is 1. The number of carboxylic acids is 1. The summed E-state index contributed by atoms with van der Waals surface area (Å²) < 4.78 is 16.1. The number of nitrogen functional groups attached to an aromatic ring is 1. The summed E-state index contributed by atoms with van der Waals surface area (Å²) in [5.74, 6) is 0.241. The second-order valence-electron chi connectivity index (χ2n) is 5.04. The number of anilines is 1. The molecule has 0 bridgehead atoms. The van der Waals surface area contributed by atoms with Crippen molar-refractivity contribution in [3.05, 3.63) is 17.7 Å². The predicted octanol–water partition coefficient (Wildman–Crippen LogP) is 2.42. The molecule has 0 heterocycles. The van der Waals surface area contributed by atoms with E-state index in [0.717, 1.165) is 6.42 Å². The number of carbonyl (C=O) groups is 1. The van der Waals surface area contributed by atoms with Gasteiger partial charge in [-0.3, -0.25) is 0 Å². The van der Waals surface area contributed by atoms with Gasteiger partial charge in [0.25, 0.3) is 0 Å². The summed E-state index contributed by atoms with van der Waals surface area (Å²) in [6.07, 6.45) is 0.994. The normalized spacial score (nSPS) is 10.7. The summed E-state index contributed by atoms with van der Waals surface area (Å²) in [5.41, 5.74) is 5.78. The first-order chi connectivity index (χ1) is 9.95. The number of carboxylic acid groups (broad SMARTS) is 1. The average molecular weight is 297 g/mol. The molecule has 0 aliphatic carbocycles. The van der Waals surface area contributed by atoms with Crippen LogP contribution in [0.5, 0.6) is 11.5 Å². The molecular formula is C15H23NO5. The Labute approximate surface area is 124 Å². The molecule has 0 radical (unpaired) electrons. The molecule has 0 aromatic heterocycles. The fraction of sp³-hybridized carbons (Fsp3) is 0.533. The summed E-state index contributed by atoms with van der Waals surface area (Å²) >= 11 is 0. The highest BCUT2D eigenvalue weighted by Gasteiger charge is 2.14. The van der Waals surface area contributed by atoms with Crippen molar-refractivity contribution in [2.45, 2.75) is 20.3 Å². The first kappa shape index (κ1) is 17.1. The highest BCUT2D eigenvalue weighted by molar-refractivity contribution is 5.94. The third kappa shape index (κ3) is 5.51. The lowest BCUT2D eigenvalue weighted by atomic mass is 10.1. The van der Waals surface area contributed by atoms with Gasteiger partial charge in [-0.15, -0.1) is 0 Å². The maximum Gasteiger partial charge on any atom is 0.337 e. The minimum Gasteiger partial charge on any atom is -0.493 e. The lowest BCUT2D eigenvalue weighted by Gasteiger charge is -2.13. The van der Waals surface area contributed by atoms with Crippen LogP contribution in [0.4, 0.5) is 5.69 Å². The zero-order chi connectivity index (χ0) is 15.8. The maximum absolute atomic E-state index is 11.1. The molecule has 0 amide bonds. The molecular weight excluding hydrogens is 274 g/mol. The Morgan fingerprint density at radius 3 is 2.52 bits per heavy atom. The molecule has 21 heavy (non-hydrogen) atoms. The molecule has 118 valence electrons. The van der Waals surface area contributed by atoms with Crippen LogP contribution < -0.4 is 15.2 Å². The van der Waals surface area contributed by atoms with Gasteiger partial charge in [0.1, 0.15) is 6.61 Å². The highest BCUT2D eigenvalue weighted by Crippen LogP contribution is 2.32. The van der Waals surface area contributed by atoms with Crippen molar-refractivity contribution in [3.63, 3.8) is 0 Å². The number of ether oxygens (including phenoxy) is 3. The van der Waals surface area contributed by atoms with Crippen molar-refractivity contribution in [1.29, 1.82) is 0 Å². The number of nitrogens with two attached hydrogens (primary N) is 1. The van der Waals surface area contributed by atoms with Gasteiger partial charge in [0.2, 0.25) is 0 Å². The minimum atomic E-state index is -1.10. The summed E-state index contributed by atoms with van der Waals surface area (Å²) in [6, 6.07) is 2.81. The van der Waals surface area contributed by atoms with Crippen LogP contribution in [0.3, 0.4) is 0 Å². The second-order valence-corrected chi connectivity index (χ2v) is 5.04. The standard InChI is InChI=1S/C15H23NO5/c1-10(2)4-5-20-6-7-21-14-8-11(15(17)18)12(16)9-13(14)19-3/h8-10H,4-7,16H2,1-3H3,(H,17,18). The van der Waals surface area contributed by atoms with Crippen molar-refractivity contribution in [2.75, 3.05) is 32.7 Å². The molecule has 1 rings (SSSR count). The topological polar surface area (TPSA) is 91.0 Å². The molecule has 0 spiro atoms. The van der Waals surface area contributed by atoms with Gasteiger partial charge in [-0.25, -0.2) is 4.79 Å². The zero-order valence-corrected chi connectivity index (χ0v) is 12.7. The average Bonchev–Trinajstić information content (AvgIpc) is 2.42. The van der Waals surface area contributed by atoms with Crippen molar-refractivity contribution in [3.8, 4) is 11.5 Å². The van der Waals surface area contributed by atoms with E-state index in [1.54, 1.807) is 0 Å². The molecule has 6 heteroatoms. The molecule has 1 aromatic rings. The molecule has 6 nitrogen and oxygen atoms in total. The van der Waals surface area contributed by atoms with Crippen LogP contribution in [-0.2, 0) is 4.74 Å². The lowest BCUT2D eigenvalue weighted by Crippen LogP contribution is -2.10. The SMILES string of the molecule is COc1cc(N)c(C(=O)O)cc1OCCOCCC(C)C. The molecule has 0 saturated carbocycles. The van der Waals surface area contributed by atoms with Crippen molar-refractivity contribution < 1.29 is 24.1 Å². The van der Waals surface area contributed by atoms with Gasteiger partial charge >= 0.3 is 5.97 Å². The van der Waals surface area contributed by atoms with Crippen molar-refractivity contribution in [1.82, 2.24) is 0 Å². The summed E-state index contributed by atoms with van der Waals surface area (Å²) in [6.45, 7) is 5.69. The van der Waals surface area contributed by atoms with Crippen molar-refractivity contribution >= 4 is 11.7 Å². The Morgan fingerprint density at radius 1 is 1.24 bits per heavy atom.